The predicted molar refractivity (Wildman–Crippen MR) is 297 cm³/mol. The Hall–Kier alpha value is -9.74. The summed E-state index contributed by atoms with van der Waals surface area (Å²) in [5, 5.41) is 33.2. The summed E-state index contributed by atoms with van der Waals surface area (Å²) in [6.45, 7) is 1.84. The smallest absolute Gasteiger partial charge is 0.421 e. The zero-order valence-corrected chi connectivity index (χ0v) is 43.4. The number of rotatable bonds is 13. The summed E-state index contributed by atoms with van der Waals surface area (Å²) < 4.78 is 25.9. The highest BCUT2D eigenvalue weighted by molar-refractivity contribution is 6.24. The van der Waals surface area contributed by atoms with Gasteiger partial charge in [0.1, 0.15) is 48.6 Å². The van der Waals surface area contributed by atoms with E-state index in [1.54, 1.807) is 59.3 Å². The summed E-state index contributed by atoms with van der Waals surface area (Å²) in [7, 11) is 0. The number of cyclic esters (lactones) is 1. The van der Waals surface area contributed by atoms with Crippen LogP contribution in [0.3, 0.4) is 0 Å². The Morgan fingerprint density at radius 1 is 0.802 bits per heavy atom. The van der Waals surface area contributed by atoms with Crippen LogP contribution >= 0.6 is 0 Å². The number of imide groups is 1. The molecule has 4 aliphatic rings. The number of morpholine rings is 2. The van der Waals surface area contributed by atoms with E-state index < -0.39 is 71.0 Å². The third kappa shape index (κ3) is 9.64. The maximum Gasteiger partial charge on any atom is 0.421 e. The number of aliphatic hydroxyl groups is 1. The Balaban J connectivity index is 1.08. The molecule has 3 fully saturated rings. The zero-order valence-electron chi connectivity index (χ0n) is 43.4. The number of nitrogens with one attached hydrogen (secondary N) is 1. The number of fused-ring (bicyclic) bond motifs is 4. The van der Waals surface area contributed by atoms with E-state index in [4.69, 9.17) is 18.9 Å². The molecule has 0 bridgehead atoms. The first-order valence-electron chi connectivity index (χ1n) is 26.4. The van der Waals surface area contributed by atoms with Gasteiger partial charge in [-0.1, -0.05) is 102 Å². The highest BCUT2D eigenvalue weighted by Crippen LogP contribution is 2.66. The van der Waals surface area contributed by atoms with Gasteiger partial charge in [0.15, 0.2) is 0 Å². The van der Waals surface area contributed by atoms with Crippen LogP contribution in [-0.2, 0) is 47.2 Å². The standard InChI is InChI=1S/C62H52N8O11/c71-33-36-79-48-17-9-16-44(38-48)57-62(49-37-40(11-10-30-67-52-19-8-7-18-50(52)64-65-67)22-29-51(49)68(60(62)74)61(75)80-39-41-20-25-47(26-21-41)70(76)77)53(58(72)63-45-23-27-46(28-24-45)66-31-34-78-35-32-66)55-59(73)81-56(43-14-5-2-6-15-43)54(69(55)57)42-12-3-1-4-13-42/h1-9,12-29,37-38,53-57,71H,30-36,39H2,(H,63,72)/t53-,54-,55-,56+,57+,62-/m1/s1. The van der Waals surface area contributed by atoms with Gasteiger partial charge in [-0.3, -0.25) is 29.4 Å². The number of nitro benzene ring substituents is 1. The van der Waals surface area contributed by atoms with Crippen LogP contribution < -0.4 is 19.9 Å². The van der Waals surface area contributed by atoms with Gasteiger partial charge in [-0.15, -0.1) is 5.10 Å². The normalized spacial score (nSPS) is 21.2. The second-order valence-corrected chi connectivity index (χ2v) is 19.9. The van der Waals surface area contributed by atoms with Crippen molar-refractivity contribution in [2.75, 3.05) is 54.6 Å². The summed E-state index contributed by atoms with van der Waals surface area (Å²) >= 11 is 0. The Kier molecular flexibility index (Phi) is 14.2. The summed E-state index contributed by atoms with van der Waals surface area (Å²) in [5.74, 6) is 2.70. The molecule has 0 unspecified atom stereocenters. The molecular formula is C62H52N8O11. The number of hydrogen-bond acceptors (Lipinski definition) is 15. The lowest BCUT2D eigenvalue weighted by molar-refractivity contribution is -0.384. The second-order valence-electron chi connectivity index (χ2n) is 19.9. The first-order valence-corrected chi connectivity index (χ1v) is 26.4. The van der Waals surface area contributed by atoms with Gasteiger partial charge in [0, 0.05) is 42.2 Å². The number of nitro groups is 1. The molecule has 8 aromatic rings. The highest BCUT2D eigenvalue weighted by atomic mass is 16.6. The van der Waals surface area contributed by atoms with Crippen LogP contribution in [0.15, 0.2) is 176 Å². The summed E-state index contributed by atoms with van der Waals surface area (Å²) in [6, 6.07) is 47.1. The highest BCUT2D eigenvalue weighted by Gasteiger charge is 2.76. The van der Waals surface area contributed by atoms with Crippen molar-refractivity contribution in [3.63, 3.8) is 0 Å². The van der Waals surface area contributed by atoms with Gasteiger partial charge >= 0.3 is 12.1 Å². The maximum absolute atomic E-state index is 16.9. The first-order chi connectivity index (χ1) is 39.6. The fourth-order valence-corrected chi connectivity index (χ4v) is 11.9. The van der Waals surface area contributed by atoms with Crippen molar-refractivity contribution in [1.82, 2.24) is 19.9 Å². The van der Waals surface area contributed by atoms with Crippen LogP contribution in [0.25, 0.3) is 11.0 Å². The molecule has 2 N–H and O–H groups in total. The van der Waals surface area contributed by atoms with Gasteiger partial charge in [-0.2, -0.15) is 0 Å². The number of non-ortho nitro benzene ring substituents is 1. The maximum atomic E-state index is 16.9. The van der Waals surface area contributed by atoms with E-state index in [1.807, 2.05) is 102 Å². The summed E-state index contributed by atoms with van der Waals surface area (Å²) in [4.78, 5) is 80.0. The Morgan fingerprint density at radius 2 is 1.52 bits per heavy atom. The molecular weight excluding hydrogens is 1030 g/mol. The van der Waals surface area contributed by atoms with Crippen molar-refractivity contribution in [3.8, 4) is 17.6 Å². The number of carbonyl (C=O) groups excluding carboxylic acids is 4. The molecule has 5 heterocycles. The lowest BCUT2D eigenvalue weighted by Gasteiger charge is -2.46. The molecule has 19 heteroatoms. The van der Waals surface area contributed by atoms with Crippen molar-refractivity contribution in [2.24, 2.45) is 5.92 Å². The van der Waals surface area contributed by atoms with Gasteiger partial charge in [-0.05, 0) is 107 Å². The number of aliphatic hydroxyl groups excluding tert-OH is 1. The topological polar surface area (TPSA) is 221 Å². The van der Waals surface area contributed by atoms with Gasteiger partial charge in [0.25, 0.3) is 5.69 Å². The number of esters is 1. The van der Waals surface area contributed by atoms with Crippen molar-refractivity contribution in [3.05, 3.63) is 219 Å². The van der Waals surface area contributed by atoms with Crippen LogP contribution in [-0.4, -0.2) is 99.4 Å². The number of nitrogens with zero attached hydrogens (tertiary/aromatic N) is 7. The fraction of sp³-hybridized carbons (Fsp3) is 0.226. The molecule has 4 aliphatic heterocycles. The number of ether oxygens (including phenoxy) is 4. The molecule has 3 saturated heterocycles. The Labute approximate surface area is 464 Å². The number of para-hydroxylation sites is 1. The van der Waals surface area contributed by atoms with E-state index in [9.17, 15) is 15.2 Å². The van der Waals surface area contributed by atoms with Crippen LogP contribution in [0.1, 0.15) is 51.6 Å². The first kappa shape index (κ1) is 52.0. The zero-order chi connectivity index (χ0) is 55.6. The van der Waals surface area contributed by atoms with E-state index in [2.05, 4.69) is 32.4 Å². The number of benzene rings is 7. The average molecular weight is 1090 g/mol. The molecule has 1 spiro atoms. The monoisotopic (exact) mass is 1080 g/mol. The van der Waals surface area contributed by atoms with Gasteiger partial charge in [-0.25, -0.2) is 14.4 Å². The summed E-state index contributed by atoms with van der Waals surface area (Å²) in [5.41, 5.74) is 3.19. The van der Waals surface area contributed by atoms with Crippen molar-refractivity contribution in [2.45, 2.75) is 42.8 Å². The quantitative estimate of drug-likeness (QED) is 0.0480. The van der Waals surface area contributed by atoms with E-state index in [-0.39, 0.29) is 36.7 Å². The minimum absolute atomic E-state index is 0.0657. The van der Waals surface area contributed by atoms with Crippen LogP contribution in [0.5, 0.6) is 5.75 Å². The molecule has 406 valence electrons. The number of hydrogen-bond donors (Lipinski definition) is 2. The minimum Gasteiger partial charge on any atom is -0.491 e. The molecule has 0 aliphatic carbocycles. The molecule has 7 aromatic carbocycles. The average Bonchev–Trinajstić information content (AvgIpc) is 1.92. The largest absolute Gasteiger partial charge is 0.491 e. The van der Waals surface area contributed by atoms with Crippen molar-refractivity contribution in [1.29, 1.82) is 0 Å². The van der Waals surface area contributed by atoms with E-state index in [0.717, 1.165) is 16.1 Å². The van der Waals surface area contributed by atoms with E-state index >= 15 is 19.2 Å². The number of carbonyl (C=O) groups is 4. The molecule has 81 heavy (non-hydrogen) atoms. The lowest BCUT2D eigenvalue weighted by Crippen LogP contribution is -2.54. The molecule has 3 amide bonds. The number of aromatic nitrogens is 3. The third-order valence-corrected chi connectivity index (χ3v) is 15.4. The Morgan fingerprint density at radius 3 is 2.26 bits per heavy atom. The molecule has 19 nitrogen and oxygen atoms in total. The predicted octanol–water partition coefficient (Wildman–Crippen LogP) is 8.24. The minimum atomic E-state index is -2.20. The fourth-order valence-electron chi connectivity index (χ4n) is 11.9. The van der Waals surface area contributed by atoms with Crippen LogP contribution in [0, 0.1) is 27.9 Å². The number of anilines is 3. The van der Waals surface area contributed by atoms with Crippen LogP contribution in [0.4, 0.5) is 27.5 Å². The molecule has 0 saturated carbocycles. The van der Waals surface area contributed by atoms with Crippen molar-refractivity contribution >= 4 is 57.7 Å². The molecule has 0 radical (unpaired) electrons. The third-order valence-electron chi connectivity index (χ3n) is 15.4. The van der Waals surface area contributed by atoms with E-state index in [0.29, 0.717) is 71.1 Å². The summed E-state index contributed by atoms with van der Waals surface area (Å²) in [6.07, 6.45) is -2.11. The van der Waals surface area contributed by atoms with E-state index in [1.165, 1.54) is 24.3 Å². The van der Waals surface area contributed by atoms with Gasteiger partial charge < -0.3 is 34.3 Å². The van der Waals surface area contributed by atoms with Crippen molar-refractivity contribution < 1.29 is 48.2 Å². The SMILES string of the molecule is O=C1O[C@@H](c2ccccc2)[C@@H](c2ccccc2)N2[C@@H](c3cccc(OCCO)c3)[C@]3(C(=O)N(C(=O)OCc4ccc([N+](=O)[O-])cc4)c4ccc(C#CCn5nnc6ccccc65)cc43)[C@@H](C(=O)Nc3ccc(N4CCOCC4)cc3)[C@H]12. The molecule has 6 atom stereocenters. The molecule has 12 rings (SSSR count). The van der Waals surface area contributed by atoms with Gasteiger partial charge in [0.05, 0.1) is 53.9 Å². The van der Waals surface area contributed by atoms with Gasteiger partial charge in [0.2, 0.25) is 11.8 Å². The second kappa shape index (κ2) is 22.2. The number of amides is 3. The van der Waals surface area contributed by atoms with Crippen LogP contribution in [0.2, 0.25) is 0 Å². The lowest BCUT2D eigenvalue weighted by atomic mass is 9.65. The Bertz CT molecular complexity index is 3750. The molecule has 1 aromatic heterocycles.